The van der Waals surface area contributed by atoms with E-state index in [4.69, 9.17) is 11.6 Å². The van der Waals surface area contributed by atoms with Gasteiger partial charge in [0.05, 0.1) is 0 Å². The van der Waals surface area contributed by atoms with Crippen LogP contribution in [0.5, 0.6) is 0 Å². The van der Waals surface area contributed by atoms with Gasteiger partial charge in [-0.15, -0.1) is 0 Å². The predicted molar refractivity (Wildman–Crippen MR) is 74.5 cm³/mol. The Labute approximate surface area is 117 Å². The molecule has 0 aliphatic rings. The first kappa shape index (κ1) is 13.7. The zero-order valence-electron chi connectivity index (χ0n) is 10.5. The van der Waals surface area contributed by atoms with Gasteiger partial charge >= 0.3 is 0 Å². The summed E-state index contributed by atoms with van der Waals surface area (Å²) < 4.78 is 0. The Morgan fingerprint density at radius 3 is 2.21 bits per heavy atom. The smallest absolute Gasteiger partial charge is 0.202 e. The van der Waals surface area contributed by atoms with E-state index in [0.29, 0.717) is 10.6 Å². The van der Waals surface area contributed by atoms with Crippen LogP contribution in [0.2, 0.25) is 5.02 Å². The van der Waals surface area contributed by atoms with E-state index in [1.807, 2.05) is 30.3 Å². The minimum absolute atomic E-state index is 0.606. The monoisotopic (exact) mass is 274 g/mol. The summed E-state index contributed by atoms with van der Waals surface area (Å²) in [6.45, 7) is 1.74. The van der Waals surface area contributed by atoms with Crippen LogP contribution in [0, 0.1) is 0 Å². The molecule has 98 valence electrons. The lowest BCUT2D eigenvalue weighted by molar-refractivity contribution is -0.595. The lowest BCUT2D eigenvalue weighted by Gasteiger charge is -2.28. The molecule has 2 aromatic carbocycles. The van der Waals surface area contributed by atoms with Crippen molar-refractivity contribution in [3.8, 4) is 0 Å². The molecule has 0 amide bonds. The van der Waals surface area contributed by atoms with Crippen LogP contribution in [0.4, 0.5) is 0 Å². The number of aliphatic hydroxyl groups is 1. The fraction of sp³-hybridized carbons (Fsp3) is 0.200. The normalized spacial score (nSPS) is 15.5. The van der Waals surface area contributed by atoms with Crippen molar-refractivity contribution in [2.75, 3.05) is 0 Å². The van der Waals surface area contributed by atoms with Gasteiger partial charge < -0.3 is 15.8 Å². The molecule has 0 saturated heterocycles. The lowest BCUT2D eigenvalue weighted by Crippen LogP contribution is -2.79. The number of halogens is 1. The third-order valence-corrected chi connectivity index (χ3v) is 3.59. The van der Waals surface area contributed by atoms with Crippen LogP contribution >= 0.6 is 11.6 Å². The van der Waals surface area contributed by atoms with E-state index < -0.39 is 11.6 Å². The van der Waals surface area contributed by atoms with E-state index in [2.05, 4.69) is 5.11 Å². The van der Waals surface area contributed by atoms with Crippen molar-refractivity contribution in [3.63, 3.8) is 0 Å². The first-order chi connectivity index (χ1) is 9.08. The Balaban J connectivity index is 2.41. The van der Waals surface area contributed by atoms with Gasteiger partial charge in [0.1, 0.15) is 6.10 Å². The van der Waals surface area contributed by atoms with Crippen molar-refractivity contribution < 1.29 is 10.2 Å². The second-order valence-electron chi connectivity index (χ2n) is 4.63. The standard InChI is InChI=1S/C15H15ClN2O/c1-15(18-17,12-5-3-2-4-6-12)14(19)11-7-9-13(16)10-8-11/h2-10,14,18-19H,1H3/t14-,15+/m1/s1. The molecule has 2 rings (SSSR count). The van der Waals surface area contributed by atoms with Gasteiger partial charge in [-0.05, 0) is 17.7 Å². The Hall–Kier alpha value is -1.71. The van der Waals surface area contributed by atoms with Crippen molar-refractivity contribution >= 4 is 11.6 Å². The van der Waals surface area contributed by atoms with Gasteiger partial charge in [-0.3, -0.25) is 0 Å². The van der Waals surface area contributed by atoms with E-state index in [1.165, 1.54) is 0 Å². The molecule has 2 N–H and O–H groups in total. The minimum atomic E-state index is -0.991. The number of hydrogen-bond acceptors (Lipinski definition) is 1. The third-order valence-electron chi connectivity index (χ3n) is 3.34. The van der Waals surface area contributed by atoms with Gasteiger partial charge in [0.2, 0.25) is 5.54 Å². The largest absolute Gasteiger partial charge is 0.508 e. The average Bonchev–Trinajstić information content (AvgIpc) is 2.47. The van der Waals surface area contributed by atoms with Gasteiger partial charge in [-0.25, -0.2) is 0 Å². The first-order valence-electron chi connectivity index (χ1n) is 5.98. The van der Waals surface area contributed by atoms with E-state index >= 15 is 0 Å². The summed E-state index contributed by atoms with van der Waals surface area (Å²) in [6.07, 6.45) is -0.905. The fourth-order valence-corrected chi connectivity index (χ4v) is 2.17. The topological polar surface area (TPSA) is 56.5 Å². The molecule has 0 aromatic heterocycles. The molecule has 0 aliphatic carbocycles. The molecule has 0 unspecified atom stereocenters. The number of nitrogens with one attached hydrogen (secondary N) is 1. The molecule has 0 spiro atoms. The van der Waals surface area contributed by atoms with Crippen LogP contribution in [0.1, 0.15) is 24.2 Å². The molecule has 4 heteroatoms. The van der Waals surface area contributed by atoms with Gasteiger partial charge in [0, 0.05) is 17.5 Å². The fourth-order valence-electron chi connectivity index (χ4n) is 2.05. The molecule has 0 heterocycles. The maximum Gasteiger partial charge on any atom is 0.202 e. The molecular weight excluding hydrogens is 260 g/mol. The second kappa shape index (κ2) is 5.51. The molecule has 3 nitrogen and oxygen atoms in total. The number of nitrogens with zero attached hydrogens (tertiary/aromatic N) is 1. The molecule has 19 heavy (non-hydrogen) atoms. The molecule has 0 bridgehead atoms. The quantitative estimate of drug-likeness (QED) is 0.827. The van der Waals surface area contributed by atoms with Gasteiger partial charge in [0.15, 0.2) is 0 Å². The third kappa shape index (κ3) is 2.67. The predicted octanol–water partition coefficient (Wildman–Crippen LogP) is 2.39. The summed E-state index contributed by atoms with van der Waals surface area (Å²) in [7, 11) is 0. The number of benzene rings is 2. The molecular formula is C15H15ClN2O. The highest BCUT2D eigenvalue weighted by atomic mass is 35.5. The number of rotatable bonds is 4. The zero-order valence-corrected chi connectivity index (χ0v) is 11.3. The maximum absolute atomic E-state index is 10.5. The van der Waals surface area contributed by atoms with Crippen LogP contribution in [-0.2, 0) is 5.54 Å². The summed E-state index contributed by atoms with van der Waals surface area (Å²) >= 11 is 5.83. The Bertz CT molecular complexity index is 556. The Morgan fingerprint density at radius 1 is 1.11 bits per heavy atom. The summed E-state index contributed by atoms with van der Waals surface area (Å²) in [6, 6.07) is 16.2. The maximum atomic E-state index is 10.5. The molecule has 2 aromatic rings. The van der Waals surface area contributed by atoms with Crippen molar-refractivity contribution in [2.24, 2.45) is 0 Å². The summed E-state index contributed by atoms with van der Waals surface area (Å²) in [5.41, 5.74) is 9.97. The second-order valence-corrected chi connectivity index (χ2v) is 5.07. The Kier molecular flexibility index (Phi) is 3.98. The van der Waals surface area contributed by atoms with Crippen LogP contribution in [0.3, 0.4) is 0 Å². The van der Waals surface area contributed by atoms with Crippen molar-refractivity contribution in [2.45, 2.75) is 18.6 Å². The first-order valence-corrected chi connectivity index (χ1v) is 6.36. The van der Waals surface area contributed by atoms with Crippen LogP contribution in [0.25, 0.3) is 5.53 Å². The molecule has 0 saturated carbocycles. The SMILES string of the molecule is C[C@]([NH+]=[N-])(c1ccccc1)[C@H](O)c1ccc(Cl)cc1. The lowest BCUT2D eigenvalue weighted by atomic mass is 9.84. The van der Waals surface area contributed by atoms with Gasteiger partial charge in [0.25, 0.3) is 0 Å². The summed E-state index contributed by atoms with van der Waals surface area (Å²) in [5, 5.41) is 13.3. The van der Waals surface area contributed by atoms with E-state index in [0.717, 1.165) is 5.56 Å². The zero-order chi connectivity index (χ0) is 13.9. The molecule has 2 atom stereocenters. The van der Waals surface area contributed by atoms with Gasteiger partial charge in [-0.1, -0.05) is 54.1 Å². The van der Waals surface area contributed by atoms with Crippen molar-refractivity contribution in [3.05, 3.63) is 76.3 Å². The summed E-state index contributed by atoms with van der Waals surface area (Å²) in [5.74, 6) is 0. The van der Waals surface area contributed by atoms with Crippen LogP contribution < -0.4 is 5.11 Å². The van der Waals surface area contributed by atoms with Crippen molar-refractivity contribution in [1.29, 1.82) is 0 Å². The molecule has 0 fully saturated rings. The highest BCUT2D eigenvalue weighted by Gasteiger charge is 2.38. The molecule has 0 aliphatic heterocycles. The average molecular weight is 275 g/mol. The van der Waals surface area contributed by atoms with Crippen LogP contribution in [-0.4, -0.2) is 5.11 Å². The minimum Gasteiger partial charge on any atom is -0.508 e. The van der Waals surface area contributed by atoms with E-state index in [-0.39, 0.29) is 0 Å². The Morgan fingerprint density at radius 2 is 1.68 bits per heavy atom. The highest BCUT2D eigenvalue weighted by molar-refractivity contribution is 6.30. The molecule has 0 radical (unpaired) electrons. The van der Waals surface area contributed by atoms with Gasteiger partial charge in [-0.2, -0.15) is 0 Å². The highest BCUT2D eigenvalue weighted by Crippen LogP contribution is 2.31. The van der Waals surface area contributed by atoms with Crippen LogP contribution in [0.15, 0.2) is 54.6 Å². The van der Waals surface area contributed by atoms with Crippen molar-refractivity contribution in [1.82, 2.24) is 0 Å². The number of aliphatic hydroxyl groups excluding tert-OH is 1. The summed E-state index contributed by atoms with van der Waals surface area (Å²) in [4.78, 5) is 0. The van der Waals surface area contributed by atoms with E-state index in [9.17, 15) is 10.6 Å². The van der Waals surface area contributed by atoms with E-state index in [1.54, 1.807) is 31.2 Å². The number of hydrogen-bond donors (Lipinski definition) is 2.